The summed E-state index contributed by atoms with van der Waals surface area (Å²) >= 11 is 0. The number of hydrogen-bond donors (Lipinski definition) is 3. The molecule has 0 rings (SSSR count). The Bertz CT molecular complexity index is 394. The van der Waals surface area contributed by atoms with Gasteiger partial charge in [-0.05, 0) is 0 Å². The predicted octanol–water partition coefficient (Wildman–Crippen LogP) is -0.176. The van der Waals surface area contributed by atoms with Crippen LogP contribution in [0.3, 0.4) is 0 Å². The molecule has 3 amide bonds. The molecule has 0 unspecified atom stereocenters. The molecule has 0 bridgehead atoms. The summed E-state index contributed by atoms with van der Waals surface area (Å²) in [6.07, 6.45) is 0.266. The standard InChI is InChI=1S/C16H31N3O5/c1-13(20)17-6-7-18-14(21)5-9-23-11-12-24-10-8-19-15(22)16(2,3)4/h5-12H2,1-4H3,(H,17,20)(H,18,21)(H,19,22). The van der Waals surface area contributed by atoms with Crippen LogP contribution in [0.4, 0.5) is 0 Å². The highest BCUT2D eigenvalue weighted by Gasteiger charge is 2.20. The van der Waals surface area contributed by atoms with Crippen molar-refractivity contribution < 1.29 is 23.9 Å². The average molecular weight is 345 g/mol. The third-order valence-electron chi connectivity index (χ3n) is 2.88. The molecule has 0 saturated heterocycles. The van der Waals surface area contributed by atoms with Crippen molar-refractivity contribution in [1.82, 2.24) is 16.0 Å². The maximum atomic E-state index is 11.6. The second-order valence-electron chi connectivity index (χ2n) is 6.31. The Morgan fingerprint density at radius 2 is 1.38 bits per heavy atom. The van der Waals surface area contributed by atoms with Gasteiger partial charge in [0, 0.05) is 38.4 Å². The summed E-state index contributed by atoms with van der Waals surface area (Å²) in [5, 5.41) is 8.05. The number of ether oxygens (including phenoxy) is 2. The van der Waals surface area contributed by atoms with Crippen molar-refractivity contribution in [2.75, 3.05) is 46.1 Å². The molecule has 24 heavy (non-hydrogen) atoms. The topological polar surface area (TPSA) is 106 Å². The average Bonchev–Trinajstić information content (AvgIpc) is 2.48. The van der Waals surface area contributed by atoms with E-state index in [0.717, 1.165) is 0 Å². The Hall–Kier alpha value is -1.67. The van der Waals surface area contributed by atoms with Crippen LogP contribution < -0.4 is 16.0 Å². The first-order valence-corrected chi connectivity index (χ1v) is 8.18. The third kappa shape index (κ3) is 14.0. The minimum atomic E-state index is -0.397. The smallest absolute Gasteiger partial charge is 0.225 e. The van der Waals surface area contributed by atoms with Crippen molar-refractivity contribution in [3.63, 3.8) is 0 Å². The summed E-state index contributed by atoms with van der Waals surface area (Å²) in [5.41, 5.74) is -0.397. The first kappa shape index (κ1) is 22.3. The number of amides is 3. The molecule has 0 heterocycles. The lowest BCUT2D eigenvalue weighted by Gasteiger charge is -2.17. The molecule has 0 fully saturated rings. The van der Waals surface area contributed by atoms with Crippen molar-refractivity contribution in [3.8, 4) is 0 Å². The largest absolute Gasteiger partial charge is 0.379 e. The van der Waals surface area contributed by atoms with Crippen molar-refractivity contribution in [3.05, 3.63) is 0 Å². The van der Waals surface area contributed by atoms with Crippen LogP contribution in [0.2, 0.25) is 0 Å². The molecule has 0 spiro atoms. The van der Waals surface area contributed by atoms with Gasteiger partial charge < -0.3 is 25.4 Å². The summed E-state index contributed by atoms with van der Waals surface area (Å²) in [6.45, 7) is 9.83. The Morgan fingerprint density at radius 1 is 0.792 bits per heavy atom. The lowest BCUT2D eigenvalue weighted by atomic mass is 9.96. The number of carbonyl (C=O) groups is 3. The van der Waals surface area contributed by atoms with E-state index in [-0.39, 0.29) is 24.1 Å². The Kier molecular flexibility index (Phi) is 11.8. The summed E-state index contributed by atoms with van der Waals surface area (Å²) in [4.78, 5) is 33.6. The second kappa shape index (κ2) is 12.7. The van der Waals surface area contributed by atoms with Crippen LogP contribution in [0.15, 0.2) is 0 Å². The SMILES string of the molecule is CC(=O)NCCNC(=O)CCOCCOCCNC(=O)C(C)(C)C. The first-order valence-electron chi connectivity index (χ1n) is 8.18. The Labute approximate surface area is 144 Å². The molecule has 0 radical (unpaired) electrons. The fraction of sp³-hybridized carbons (Fsp3) is 0.812. The van der Waals surface area contributed by atoms with Gasteiger partial charge in [0.05, 0.1) is 26.4 Å². The van der Waals surface area contributed by atoms with E-state index in [1.54, 1.807) is 0 Å². The van der Waals surface area contributed by atoms with Crippen LogP contribution in [0.5, 0.6) is 0 Å². The van der Waals surface area contributed by atoms with Crippen LogP contribution in [0.25, 0.3) is 0 Å². The Morgan fingerprint density at radius 3 is 1.96 bits per heavy atom. The number of nitrogens with one attached hydrogen (secondary N) is 3. The number of rotatable bonds is 12. The molecule has 140 valence electrons. The molecule has 8 nitrogen and oxygen atoms in total. The molecule has 0 aromatic rings. The molecular weight excluding hydrogens is 314 g/mol. The lowest BCUT2D eigenvalue weighted by molar-refractivity contribution is -0.128. The molecule has 0 aliphatic carbocycles. The summed E-state index contributed by atoms with van der Waals surface area (Å²) in [7, 11) is 0. The zero-order valence-corrected chi connectivity index (χ0v) is 15.2. The zero-order valence-electron chi connectivity index (χ0n) is 15.2. The van der Waals surface area contributed by atoms with Gasteiger partial charge in [-0.25, -0.2) is 0 Å². The molecule has 0 aromatic carbocycles. The van der Waals surface area contributed by atoms with Crippen molar-refractivity contribution in [2.45, 2.75) is 34.1 Å². The van der Waals surface area contributed by atoms with Crippen LogP contribution in [0, 0.1) is 5.41 Å². The summed E-state index contributed by atoms with van der Waals surface area (Å²) in [5.74, 6) is -0.247. The quantitative estimate of drug-likeness (QED) is 0.426. The monoisotopic (exact) mass is 345 g/mol. The molecule has 8 heteroatoms. The predicted molar refractivity (Wildman–Crippen MR) is 90.4 cm³/mol. The van der Waals surface area contributed by atoms with E-state index in [1.807, 2.05) is 20.8 Å². The van der Waals surface area contributed by atoms with Gasteiger partial charge in [-0.15, -0.1) is 0 Å². The molecule has 3 N–H and O–H groups in total. The maximum absolute atomic E-state index is 11.6. The van der Waals surface area contributed by atoms with E-state index in [4.69, 9.17) is 9.47 Å². The van der Waals surface area contributed by atoms with E-state index in [2.05, 4.69) is 16.0 Å². The van der Waals surface area contributed by atoms with Gasteiger partial charge in [-0.3, -0.25) is 14.4 Å². The van der Waals surface area contributed by atoms with E-state index in [1.165, 1.54) is 6.92 Å². The number of hydrogen-bond acceptors (Lipinski definition) is 5. The van der Waals surface area contributed by atoms with Gasteiger partial charge in [0.2, 0.25) is 17.7 Å². The molecule has 0 aliphatic rings. The zero-order chi connectivity index (χ0) is 18.4. The van der Waals surface area contributed by atoms with Crippen LogP contribution in [0.1, 0.15) is 34.1 Å². The van der Waals surface area contributed by atoms with Gasteiger partial charge in [0.15, 0.2) is 0 Å². The fourth-order valence-electron chi connectivity index (χ4n) is 1.52. The van der Waals surface area contributed by atoms with Gasteiger partial charge in [-0.1, -0.05) is 20.8 Å². The second-order valence-corrected chi connectivity index (χ2v) is 6.31. The molecule has 0 aromatic heterocycles. The van der Waals surface area contributed by atoms with Crippen LogP contribution in [-0.4, -0.2) is 63.8 Å². The van der Waals surface area contributed by atoms with Crippen molar-refractivity contribution in [1.29, 1.82) is 0 Å². The maximum Gasteiger partial charge on any atom is 0.225 e. The fourth-order valence-corrected chi connectivity index (χ4v) is 1.52. The van der Waals surface area contributed by atoms with Gasteiger partial charge in [0.25, 0.3) is 0 Å². The Balaban J connectivity index is 3.34. The highest BCUT2D eigenvalue weighted by atomic mass is 16.5. The van der Waals surface area contributed by atoms with Gasteiger partial charge in [0.1, 0.15) is 0 Å². The summed E-state index contributed by atoms with van der Waals surface area (Å²) < 4.78 is 10.6. The molecule has 0 saturated carbocycles. The minimum Gasteiger partial charge on any atom is -0.379 e. The van der Waals surface area contributed by atoms with E-state index < -0.39 is 5.41 Å². The molecule has 0 atom stereocenters. The van der Waals surface area contributed by atoms with E-state index in [9.17, 15) is 14.4 Å². The lowest BCUT2D eigenvalue weighted by Crippen LogP contribution is -2.36. The number of carbonyl (C=O) groups excluding carboxylic acids is 3. The van der Waals surface area contributed by atoms with E-state index >= 15 is 0 Å². The highest BCUT2D eigenvalue weighted by molar-refractivity contribution is 5.81. The van der Waals surface area contributed by atoms with Gasteiger partial charge in [-0.2, -0.15) is 0 Å². The van der Waals surface area contributed by atoms with Crippen molar-refractivity contribution in [2.24, 2.45) is 5.41 Å². The molecule has 0 aliphatic heterocycles. The third-order valence-corrected chi connectivity index (χ3v) is 2.88. The highest BCUT2D eigenvalue weighted by Crippen LogP contribution is 2.11. The van der Waals surface area contributed by atoms with E-state index in [0.29, 0.717) is 46.1 Å². The molecular formula is C16H31N3O5. The van der Waals surface area contributed by atoms with Crippen LogP contribution >= 0.6 is 0 Å². The van der Waals surface area contributed by atoms with Crippen LogP contribution in [-0.2, 0) is 23.9 Å². The van der Waals surface area contributed by atoms with Crippen molar-refractivity contribution >= 4 is 17.7 Å². The minimum absolute atomic E-state index is 0.00753. The summed E-state index contributed by atoms with van der Waals surface area (Å²) in [6, 6.07) is 0. The van der Waals surface area contributed by atoms with Gasteiger partial charge >= 0.3 is 0 Å². The normalized spacial score (nSPS) is 11.0. The first-order chi connectivity index (χ1) is 11.2.